The van der Waals surface area contributed by atoms with E-state index >= 15 is 0 Å². The monoisotopic (exact) mass is 1050 g/mol. The molecule has 4 aromatic rings. The molecule has 18 nitrogen and oxygen atoms in total. The van der Waals surface area contributed by atoms with Crippen LogP contribution in [-0.2, 0) is 38.1 Å². The van der Waals surface area contributed by atoms with Crippen LogP contribution < -0.4 is 28.4 Å². The number of esters is 7. The molecule has 0 bridgehead atoms. The molecule has 406 valence electrons. The van der Waals surface area contributed by atoms with E-state index < -0.39 is 53.6 Å². The maximum absolute atomic E-state index is 13.7. The summed E-state index contributed by atoms with van der Waals surface area (Å²) in [7, 11) is 0. The minimum atomic E-state index is -0.786. The van der Waals surface area contributed by atoms with Crippen molar-refractivity contribution in [2.75, 3.05) is 39.6 Å². The molecule has 18 heteroatoms. The molecule has 0 amide bonds. The summed E-state index contributed by atoms with van der Waals surface area (Å²) in [5.41, 5.74) is 0.154. The quantitative estimate of drug-likeness (QED) is 0.0118. The Kier molecular flexibility index (Phi) is 24.0. The van der Waals surface area contributed by atoms with Crippen LogP contribution in [0.25, 0.3) is 0 Å². The van der Waals surface area contributed by atoms with Gasteiger partial charge < -0.3 is 47.4 Å². The van der Waals surface area contributed by atoms with E-state index in [1.54, 1.807) is 24.3 Å². The smallest absolute Gasteiger partial charge is 0.343 e. The van der Waals surface area contributed by atoms with Crippen molar-refractivity contribution in [2.24, 2.45) is 23.7 Å². The van der Waals surface area contributed by atoms with Gasteiger partial charge in [-0.15, -0.1) is 0 Å². The van der Waals surface area contributed by atoms with Gasteiger partial charge in [-0.3, -0.25) is 14.4 Å². The fourth-order valence-corrected chi connectivity index (χ4v) is 7.28. The van der Waals surface area contributed by atoms with Gasteiger partial charge >= 0.3 is 41.8 Å². The van der Waals surface area contributed by atoms with Crippen LogP contribution in [0.5, 0.6) is 34.5 Å². The largest absolute Gasteiger partial charge is 0.494 e. The van der Waals surface area contributed by atoms with Crippen molar-refractivity contribution in [3.05, 3.63) is 120 Å². The van der Waals surface area contributed by atoms with Crippen LogP contribution in [0.1, 0.15) is 133 Å². The molecule has 5 rings (SSSR count). The molecule has 0 radical (unpaired) electrons. The highest BCUT2D eigenvalue weighted by Gasteiger charge is 2.34. The predicted molar refractivity (Wildman–Crippen MR) is 275 cm³/mol. The van der Waals surface area contributed by atoms with Gasteiger partial charge in [0.05, 0.1) is 62.6 Å². The molecule has 0 spiro atoms. The molecule has 1 aliphatic rings. The minimum absolute atomic E-state index is 0.000304. The van der Waals surface area contributed by atoms with Crippen LogP contribution >= 0.6 is 0 Å². The Hall–Kier alpha value is -8.02. The predicted octanol–water partition coefficient (Wildman–Crippen LogP) is 10.1. The number of hydrogen-bond acceptors (Lipinski definition) is 18. The van der Waals surface area contributed by atoms with Crippen molar-refractivity contribution in [1.82, 2.24) is 0 Å². The van der Waals surface area contributed by atoms with E-state index in [1.165, 1.54) is 60.7 Å². The Bertz CT molecular complexity index is 2600. The fourth-order valence-electron chi connectivity index (χ4n) is 7.28. The number of carbonyl (C=O) groups excluding carboxylic acids is 8. The lowest BCUT2D eigenvalue weighted by Crippen LogP contribution is -2.31. The summed E-state index contributed by atoms with van der Waals surface area (Å²) in [6.45, 7) is 13.0. The van der Waals surface area contributed by atoms with Gasteiger partial charge in [-0.25, -0.2) is 24.0 Å². The summed E-state index contributed by atoms with van der Waals surface area (Å²) in [5.74, 6) is -5.12. The zero-order chi connectivity index (χ0) is 54.8. The molecule has 0 N–H and O–H groups in total. The Morgan fingerprint density at radius 2 is 0.908 bits per heavy atom. The summed E-state index contributed by atoms with van der Waals surface area (Å²) in [6, 6.07) is 20.6. The normalized spacial score (nSPS) is 14.6. The minimum Gasteiger partial charge on any atom is -0.494 e. The van der Waals surface area contributed by atoms with Gasteiger partial charge in [-0.1, -0.05) is 47.1 Å². The van der Waals surface area contributed by atoms with E-state index in [0.717, 1.165) is 18.9 Å². The van der Waals surface area contributed by atoms with Crippen molar-refractivity contribution in [2.45, 2.75) is 91.9 Å². The van der Waals surface area contributed by atoms with E-state index in [-0.39, 0.29) is 103 Å². The Labute approximate surface area is 442 Å². The molecule has 1 saturated carbocycles. The van der Waals surface area contributed by atoms with Crippen molar-refractivity contribution >= 4 is 48.3 Å². The van der Waals surface area contributed by atoms with E-state index in [4.69, 9.17) is 42.6 Å². The van der Waals surface area contributed by atoms with Crippen LogP contribution in [0.2, 0.25) is 0 Å². The lowest BCUT2D eigenvalue weighted by atomic mass is 9.82. The summed E-state index contributed by atoms with van der Waals surface area (Å²) < 4.78 is 54.9. The molecule has 0 heterocycles. The van der Waals surface area contributed by atoms with Crippen LogP contribution in [-0.4, -0.2) is 87.9 Å². The van der Waals surface area contributed by atoms with E-state index in [1.807, 2.05) is 27.7 Å². The number of ether oxygens (including phenoxy) is 10. The molecule has 1 aliphatic carbocycles. The summed E-state index contributed by atoms with van der Waals surface area (Å²) in [5, 5.41) is 0. The zero-order valence-corrected chi connectivity index (χ0v) is 43.4. The Morgan fingerprint density at radius 1 is 0.513 bits per heavy atom. The average Bonchev–Trinajstić information content (AvgIpc) is 3.44. The van der Waals surface area contributed by atoms with E-state index in [9.17, 15) is 38.4 Å². The van der Waals surface area contributed by atoms with Gasteiger partial charge in [0.1, 0.15) is 45.6 Å². The molecule has 1 fully saturated rings. The molecule has 0 aromatic heterocycles. The third kappa shape index (κ3) is 19.0. The SMILES string of the molecule is C=CC(=O)OCCCCOc1ccc(C(=O)Oc2ccc(OC(=O)C3CCC(C(=O)Oc4ccc(OC(=O)c5ccc(OCCCCOC=O)cc5)cc4C(=O)OCC(C)CC)CC3)c(C(=O)OCC(C)CC)c2)cc1. The van der Waals surface area contributed by atoms with Gasteiger partial charge in [-0.2, -0.15) is 0 Å². The van der Waals surface area contributed by atoms with Gasteiger partial charge in [0.2, 0.25) is 0 Å². The van der Waals surface area contributed by atoms with Gasteiger partial charge in [0.25, 0.3) is 6.47 Å². The van der Waals surface area contributed by atoms with Gasteiger partial charge in [0.15, 0.2) is 0 Å². The summed E-state index contributed by atoms with van der Waals surface area (Å²) in [6.07, 6.45) is 6.07. The third-order valence-electron chi connectivity index (χ3n) is 12.4. The second-order valence-electron chi connectivity index (χ2n) is 18.2. The first kappa shape index (κ1) is 58.9. The Balaban J connectivity index is 1.19. The van der Waals surface area contributed by atoms with Gasteiger partial charge in [-0.05, 0) is 148 Å². The number of carbonyl (C=O) groups is 8. The van der Waals surface area contributed by atoms with Crippen molar-refractivity contribution in [3.8, 4) is 34.5 Å². The molecular weight excluding hydrogens is 985 g/mol. The Morgan fingerprint density at radius 3 is 1.30 bits per heavy atom. The fraction of sp³-hybridized carbons (Fsp3) is 0.414. The van der Waals surface area contributed by atoms with E-state index in [2.05, 4.69) is 11.3 Å². The van der Waals surface area contributed by atoms with Crippen LogP contribution in [0.4, 0.5) is 0 Å². The maximum Gasteiger partial charge on any atom is 0.343 e. The molecule has 2 unspecified atom stereocenters. The highest BCUT2D eigenvalue weighted by Crippen LogP contribution is 2.35. The molecule has 0 aliphatic heterocycles. The van der Waals surface area contributed by atoms with Crippen LogP contribution in [0.15, 0.2) is 97.6 Å². The first-order chi connectivity index (χ1) is 36.7. The van der Waals surface area contributed by atoms with Crippen molar-refractivity contribution in [3.63, 3.8) is 0 Å². The third-order valence-corrected chi connectivity index (χ3v) is 12.4. The van der Waals surface area contributed by atoms with Gasteiger partial charge in [0, 0.05) is 6.08 Å². The van der Waals surface area contributed by atoms with Crippen molar-refractivity contribution < 1.29 is 85.7 Å². The summed E-state index contributed by atoms with van der Waals surface area (Å²) in [4.78, 5) is 102. The first-order valence-corrected chi connectivity index (χ1v) is 25.5. The average molecular weight is 1050 g/mol. The highest BCUT2D eigenvalue weighted by atomic mass is 16.6. The van der Waals surface area contributed by atoms with E-state index in [0.29, 0.717) is 63.5 Å². The molecule has 76 heavy (non-hydrogen) atoms. The molecular formula is C58H66O18. The van der Waals surface area contributed by atoms with Crippen LogP contribution in [0, 0.1) is 23.7 Å². The highest BCUT2D eigenvalue weighted by molar-refractivity contribution is 5.97. The zero-order valence-electron chi connectivity index (χ0n) is 43.4. The number of rotatable bonds is 30. The first-order valence-electron chi connectivity index (χ1n) is 25.5. The maximum atomic E-state index is 13.7. The molecule has 4 aromatic carbocycles. The number of unbranched alkanes of at least 4 members (excludes halogenated alkanes) is 2. The summed E-state index contributed by atoms with van der Waals surface area (Å²) >= 11 is 0. The standard InChI is InChI=1S/C58H66O18/c1-6-38(4)35-71-57(65)48-33-46(73-53(61)42-17-21-44(22-18-42)68-30-10-9-29-67-37-59)25-27-50(48)75-55(63)40-13-15-41(16-14-40)56(64)76-51-28-26-47(34-49(51)58(66)72-36-39(5)7-2)74-54(62)43-19-23-45(24-20-43)69-31-11-12-32-70-52(60)8-3/h8,17-28,33-34,37-41H,3,6-7,9-16,29-32,35-36H2,1-2,4-5H3. The second kappa shape index (κ2) is 31.0. The van der Waals surface area contributed by atoms with Crippen LogP contribution in [0.3, 0.4) is 0 Å². The molecule has 0 saturated heterocycles. The molecule has 2 atom stereocenters. The lowest BCUT2D eigenvalue weighted by molar-refractivity contribution is -0.145. The lowest BCUT2D eigenvalue weighted by Gasteiger charge is -2.26. The number of benzene rings is 4. The van der Waals surface area contributed by atoms with Crippen molar-refractivity contribution in [1.29, 1.82) is 0 Å². The number of hydrogen-bond donors (Lipinski definition) is 0. The topological polar surface area (TPSA) is 229 Å². The second-order valence-corrected chi connectivity index (χ2v) is 18.2.